The number of Topliss-reactive ketones (excluding diaryl/α,β-unsaturated/α-hetero) is 1. The van der Waals surface area contributed by atoms with Gasteiger partial charge in [0.25, 0.3) is 0 Å². The van der Waals surface area contributed by atoms with Crippen molar-refractivity contribution in [3.05, 3.63) is 101 Å². The van der Waals surface area contributed by atoms with Gasteiger partial charge in [0.05, 0.1) is 15.5 Å². The van der Waals surface area contributed by atoms with E-state index in [1.165, 1.54) is 26.2 Å². The SMILES string of the molecule is CN(C)S(=O)(=O)c1ccc(Cl)c(C(=O)O[C@@H](C(=O)c2c[nH]c3ccccc23)c2ccccc2)c1. The summed E-state index contributed by atoms with van der Waals surface area (Å²) < 4.78 is 31.7. The lowest BCUT2D eigenvalue weighted by atomic mass is 9.99. The second-order valence-electron chi connectivity index (χ2n) is 7.74. The molecular formula is C25H21ClN2O5S. The number of nitrogens with zero attached hydrogens (tertiary/aromatic N) is 1. The second-order valence-corrected chi connectivity index (χ2v) is 10.3. The molecule has 0 saturated carbocycles. The Labute approximate surface area is 202 Å². The lowest BCUT2D eigenvalue weighted by Gasteiger charge is -2.18. The number of hydrogen-bond donors (Lipinski definition) is 1. The summed E-state index contributed by atoms with van der Waals surface area (Å²) in [7, 11) is -1.05. The zero-order valence-corrected chi connectivity index (χ0v) is 19.9. The summed E-state index contributed by atoms with van der Waals surface area (Å²) >= 11 is 6.21. The van der Waals surface area contributed by atoms with Crippen molar-refractivity contribution in [2.75, 3.05) is 14.1 Å². The molecule has 0 aliphatic carbocycles. The van der Waals surface area contributed by atoms with E-state index in [2.05, 4.69) is 4.98 Å². The van der Waals surface area contributed by atoms with Crippen LogP contribution in [0.4, 0.5) is 0 Å². The number of ether oxygens (including phenoxy) is 1. The summed E-state index contributed by atoms with van der Waals surface area (Å²) in [6, 6.07) is 19.7. The maximum absolute atomic E-state index is 13.6. The first-order valence-electron chi connectivity index (χ1n) is 10.3. The van der Waals surface area contributed by atoms with E-state index >= 15 is 0 Å². The topological polar surface area (TPSA) is 96.5 Å². The third kappa shape index (κ3) is 4.48. The predicted molar refractivity (Wildman–Crippen MR) is 130 cm³/mol. The minimum absolute atomic E-state index is 0.00839. The number of benzene rings is 3. The summed E-state index contributed by atoms with van der Waals surface area (Å²) in [6.45, 7) is 0. The summed E-state index contributed by atoms with van der Waals surface area (Å²) in [4.78, 5) is 29.6. The van der Waals surface area contributed by atoms with Crippen LogP contribution in [0.3, 0.4) is 0 Å². The van der Waals surface area contributed by atoms with Gasteiger partial charge in [0, 0.05) is 42.3 Å². The van der Waals surface area contributed by atoms with E-state index in [0.29, 0.717) is 16.5 Å². The Morgan fingerprint density at radius 1 is 0.941 bits per heavy atom. The number of carbonyl (C=O) groups excluding carboxylic acids is 2. The van der Waals surface area contributed by atoms with E-state index < -0.39 is 27.9 Å². The Morgan fingerprint density at radius 2 is 1.62 bits per heavy atom. The van der Waals surface area contributed by atoms with E-state index in [-0.39, 0.29) is 15.5 Å². The van der Waals surface area contributed by atoms with Gasteiger partial charge in [-0.2, -0.15) is 0 Å². The first-order chi connectivity index (χ1) is 16.2. The molecule has 0 amide bonds. The quantitative estimate of drug-likeness (QED) is 0.291. The van der Waals surface area contributed by atoms with Gasteiger partial charge in [-0.05, 0) is 24.3 Å². The smallest absolute Gasteiger partial charge is 0.340 e. The van der Waals surface area contributed by atoms with E-state index in [0.717, 1.165) is 15.9 Å². The minimum Gasteiger partial charge on any atom is -0.445 e. The van der Waals surface area contributed by atoms with Gasteiger partial charge in [-0.3, -0.25) is 4.79 Å². The maximum atomic E-state index is 13.6. The molecule has 4 rings (SSSR count). The third-order valence-corrected chi connectivity index (χ3v) is 7.50. The molecule has 1 aromatic heterocycles. The first-order valence-corrected chi connectivity index (χ1v) is 12.1. The zero-order chi connectivity index (χ0) is 24.5. The van der Waals surface area contributed by atoms with Gasteiger partial charge in [0.1, 0.15) is 0 Å². The number of fused-ring (bicyclic) bond motifs is 1. The number of hydrogen-bond acceptors (Lipinski definition) is 5. The van der Waals surface area contributed by atoms with Crippen LogP contribution in [0.15, 0.2) is 83.9 Å². The van der Waals surface area contributed by atoms with Gasteiger partial charge >= 0.3 is 5.97 Å². The Kier molecular flexibility index (Phi) is 6.56. The van der Waals surface area contributed by atoms with Gasteiger partial charge < -0.3 is 9.72 Å². The predicted octanol–water partition coefficient (Wildman–Crippen LogP) is 4.85. The molecule has 0 fully saturated rings. The molecule has 0 unspecified atom stereocenters. The highest BCUT2D eigenvalue weighted by molar-refractivity contribution is 7.89. The molecule has 0 aliphatic rings. The van der Waals surface area contributed by atoms with Crippen molar-refractivity contribution >= 4 is 44.3 Å². The number of aromatic nitrogens is 1. The molecule has 1 heterocycles. The number of rotatable bonds is 7. The molecule has 1 atom stereocenters. The molecule has 0 bridgehead atoms. The van der Waals surface area contributed by atoms with E-state index in [1.54, 1.807) is 42.6 Å². The number of aromatic amines is 1. The largest absolute Gasteiger partial charge is 0.445 e. The molecule has 0 aliphatic heterocycles. The summed E-state index contributed by atoms with van der Waals surface area (Å²) in [5, 5.41) is 0.704. The Bertz CT molecular complexity index is 1480. The highest BCUT2D eigenvalue weighted by atomic mass is 35.5. The molecule has 7 nitrogen and oxygen atoms in total. The number of sulfonamides is 1. The third-order valence-electron chi connectivity index (χ3n) is 5.36. The fraction of sp³-hybridized carbons (Fsp3) is 0.120. The van der Waals surface area contributed by atoms with Crippen molar-refractivity contribution in [3.63, 3.8) is 0 Å². The van der Waals surface area contributed by atoms with Crippen LogP contribution in [-0.2, 0) is 14.8 Å². The number of H-pyrrole nitrogens is 1. The lowest BCUT2D eigenvalue weighted by molar-refractivity contribution is 0.0280. The molecular weight excluding hydrogens is 476 g/mol. The van der Waals surface area contributed by atoms with Crippen LogP contribution >= 0.6 is 11.6 Å². The van der Waals surface area contributed by atoms with Crippen LogP contribution < -0.4 is 0 Å². The molecule has 3 aromatic carbocycles. The first kappa shape index (κ1) is 23.7. The molecule has 9 heteroatoms. The van der Waals surface area contributed by atoms with Crippen LogP contribution in [0.2, 0.25) is 5.02 Å². The molecule has 1 N–H and O–H groups in total. The standard InChI is InChI=1S/C25H21ClN2O5S/c1-28(2)34(31,32)17-12-13-21(26)19(14-17)25(30)33-24(16-8-4-3-5-9-16)23(29)20-15-27-22-11-7-6-10-18(20)22/h3-15,24,27H,1-2H3/t24-/m1/s1. The summed E-state index contributed by atoms with van der Waals surface area (Å²) in [5.74, 6) is -1.34. The van der Waals surface area contributed by atoms with E-state index in [4.69, 9.17) is 16.3 Å². The van der Waals surface area contributed by atoms with Crippen LogP contribution in [0.1, 0.15) is 32.4 Å². The summed E-state index contributed by atoms with van der Waals surface area (Å²) in [6.07, 6.45) is 0.312. The van der Waals surface area contributed by atoms with Crippen LogP contribution in [-0.4, -0.2) is 43.6 Å². The zero-order valence-electron chi connectivity index (χ0n) is 18.4. The van der Waals surface area contributed by atoms with Crippen molar-refractivity contribution < 1.29 is 22.7 Å². The number of para-hydroxylation sites is 1. The maximum Gasteiger partial charge on any atom is 0.340 e. The van der Waals surface area contributed by atoms with Gasteiger partial charge in [-0.25, -0.2) is 17.5 Å². The number of esters is 1. The second kappa shape index (κ2) is 9.42. The fourth-order valence-corrected chi connectivity index (χ4v) is 4.64. The van der Waals surface area contributed by atoms with E-state index in [9.17, 15) is 18.0 Å². The van der Waals surface area contributed by atoms with Crippen molar-refractivity contribution in [3.8, 4) is 0 Å². The van der Waals surface area contributed by atoms with Gasteiger partial charge in [0.2, 0.25) is 15.8 Å². The van der Waals surface area contributed by atoms with Gasteiger partial charge in [0.15, 0.2) is 6.10 Å². The van der Waals surface area contributed by atoms with Gasteiger partial charge in [-0.15, -0.1) is 0 Å². The van der Waals surface area contributed by atoms with Crippen molar-refractivity contribution in [2.24, 2.45) is 0 Å². The normalized spacial score (nSPS) is 12.6. The highest BCUT2D eigenvalue weighted by Gasteiger charge is 2.30. The molecule has 174 valence electrons. The van der Waals surface area contributed by atoms with Crippen LogP contribution in [0.25, 0.3) is 10.9 Å². The highest BCUT2D eigenvalue weighted by Crippen LogP contribution is 2.30. The number of carbonyl (C=O) groups is 2. The Morgan fingerprint density at radius 3 is 2.32 bits per heavy atom. The van der Waals surface area contributed by atoms with Crippen molar-refractivity contribution in [2.45, 2.75) is 11.0 Å². The average molecular weight is 497 g/mol. The van der Waals surface area contributed by atoms with Crippen molar-refractivity contribution in [1.29, 1.82) is 0 Å². The molecule has 34 heavy (non-hydrogen) atoms. The van der Waals surface area contributed by atoms with Crippen LogP contribution in [0, 0.1) is 0 Å². The van der Waals surface area contributed by atoms with Gasteiger partial charge in [-0.1, -0.05) is 60.1 Å². The van der Waals surface area contributed by atoms with E-state index in [1.807, 2.05) is 18.2 Å². The fourth-order valence-electron chi connectivity index (χ4n) is 3.52. The number of nitrogens with one attached hydrogen (secondary N) is 1. The molecule has 0 radical (unpaired) electrons. The Hall–Kier alpha value is -3.46. The van der Waals surface area contributed by atoms with Crippen molar-refractivity contribution in [1.82, 2.24) is 9.29 Å². The summed E-state index contributed by atoms with van der Waals surface area (Å²) in [5.41, 5.74) is 1.46. The molecule has 0 saturated heterocycles. The minimum atomic E-state index is -3.81. The Balaban J connectivity index is 1.74. The number of halogens is 1. The lowest BCUT2D eigenvalue weighted by Crippen LogP contribution is -2.23. The molecule has 4 aromatic rings. The average Bonchev–Trinajstić information content (AvgIpc) is 3.27. The monoisotopic (exact) mass is 496 g/mol. The molecule has 0 spiro atoms. The van der Waals surface area contributed by atoms with Crippen LogP contribution in [0.5, 0.6) is 0 Å². The number of ketones is 1.